The molecule has 1 aromatic carbocycles. The summed E-state index contributed by atoms with van der Waals surface area (Å²) in [4.78, 5) is 14.5. The predicted octanol–water partition coefficient (Wildman–Crippen LogP) is 0.603. The van der Waals surface area contributed by atoms with Crippen molar-refractivity contribution in [3.8, 4) is 0 Å². The Morgan fingerprint density at radius 1 is 1.24 bits per heavy atom. The van der Waals surface area contributed by atoms with Crippen LogP contribution in [-0.2, 0) is 14.8 Å². The number of morpholine rings is 1. The number of carbonyl (C=O) groups excluding carboxylic acids is 1. The summed E-state index contributed by atoms with van der Waals surface area (Å²) in [7, 11) is -3.57. The quantitative estimate of drug-likeness (QED) is 0.493. The van der Waals surface area contributed by atoms with Crippen LogP contribution in [0.1, 0.15) is 16.8 Å². The molecule has 1 aliphatic rings. The van der Waals surface area contributed by atoms with Crippen molar-refractivity contribution >= 4 is 15.9 Å². The van der Waals surface area contributed by atoms with E-state index in [2.05, 4.69) is 21.5 Å². The van der Waals surface area contributed by atoms with E-state index in [1.54, 1.807) is 0 Å². The number of nitrogens with one attached hydrogen (secondary N) is 2. The molecule has 25 heavy (non-hydrogen) atoms. The van der Waals surface area contributed by atoms with Gasteiger partial charge in [0.1, 0.15) is 0 Å². The van der Waals surface area contributed by atoms with Crippen LogP contribution < -0.4 is 10.0 Å². The summed E-state index contributed by atoms with van der Waals surface area (Å²) in [5, 5.41) is 2.86. The second kappa shape index (κ2) is 9.67. The minimum atomic E-state index is -3.57. The van der Waals surface area contributed by atoms with Gasteiger partial charge in [0.25, 0.3) is 5.91 Å². The second-order valence-electron chi connectivity index (χ2n) is 5.73. The van der Waals surface area contributed by atoms with Crippen molar-refractivity contribution in [2.75, 3.05) is 45.9 Å². The molecule has 0 aromatic heterocycles. The van der Waals surface area contributed by atoms with Crippen molar-refractivity contribution in [3.63, 3.8) is 0 Å². The molecule has 1 aliphatic heterocycles. The van der Waals surface area contributed by atoms with Crippen LogP contribution in [0, 0.1) is 0 Å². The number of ether oxygens (including phenoxy) is 1. The van der Waals surface area contributed by atoms with Crippen molar-refractivity contribution in [2.45, 2.75) is 11.3 Å². The number of benzene rings is 1. The third-order valence-corrected chi connectivity index (χ3v) is 5.32. The maximum atomic E-state index is 12.1. The molecule has 0 atom stereocenters. The predicted molar refractivity (Wildman–Crippen MR) is 96.0 cm³/mol. The van der Waals surface area contributed by atoms with Gasteiger partial charge in [-0.15, -0.1) is 6.58 Å². The van der Waals surface area contributed by atoms with Gasteiger partial charge in [-0.05, 0) is 37.2 Å². The summed E-state index contributed by atoms with van der Waals surface area (Å²) in [6, 6.07) is 5.88. The molecule has 0 saturated carbocycles. The number of hydrogen-bond acceptors (Lipinski definition) is 5. The van der Waals surface area contributed by atoms with Crippen LogP contribution >= 0.6 is 0 Å². The Morgan fingerprint density at radius 2 is 1.92 bits per heavy atom. The van der Waals surface area contributed by atoms with Crippen molar-refractivity contribution in [3.05, 3.63) is 42.5 Å². The summed E-state index contributed by atoms with van der Waals surface area (Å²) < 4.78 is 31.6. The zero-order valence-electron chi connectivity index (χ0n) is 14.2. The average Bonchev–Trinajstić information content (AvgIpc) is 2.64. The molecule has 2 rings (SSSR count). The lowest BCUT2D eigenvalue weighted by atomic mass is 10.2. The lowest BCUT2D eigenvalue weighted by Crippen LogP contribution is -2.38. The zero-order chi connectivity index (χ0) is 18.1. The number of nitrogens with zero attached hydrogens (tertiary/aromatic N) is 1. The standard InChI is InChI=1S/C17H25N3O4S/c1-2-8-19-25(22,23)16-6-4-15(5-7-16)17(21)18-9-3-10-20-11-13-24-14-12-20/h2,4-7,19H,1,3,8-14H2,(H,18,21). The number of rotatable bonds is 9. The molecule has 0 unspecified atom stereocenters. The van der Waals surface area contributed by atoms with Gasteiger partial charge in [0, 0.05) is 31.7 Å². The van der Waals surface area contributed by atoms with Crippen LogP contribution in [0.15, 0.2) is 41.8 Å². The van der Waals surface area contributed by atoms with Crippen molar-refractivity contribution < 1.29 is 17.9 Å². The Labute approximate surface area is 149 Å². The van der Waals surface area contributed by atoms with Gasteiger partial charge in [0.2, 0.25) is 10.0 Å². The van der Waals surface area contributed by atoms with Crippen LogP contribution in [0.4, 0.5) is 0 Å². The molecule has 1 saturated heterocycles. The largest absolute Gasteiger partial charge is 0.379 e. The van der Waals surface area contributed by atoms with Crippen molar-refractivity contribution in [2.24, 2.45) is 0 Å². The average molecular weight is 367 g/mol. The van der Waals surface area contributed by atoms with E-state index >= 15 is 0 Å². The molecule has 0 bridgehead atoms. The lowest BCUT2D eigenvalue weighted by Gasteiger charge is -2.26. The fraction of sp³-hybridized carbons (Fsp3) is 0.471. The first kappa shape index (κ1) is 19.6. The Balaban J connectivity index is 1.78. The zero-order valence-corrected chi connectivity index (χ0v) is 15.1. The highest BCUT2D eigenvalue weighted by molar-refractivity contribution is 7.89. The van der Waals surface area contributed by atoms with Gasteiger partial charge in [-0.2, -0.15) is 0 Å². The van der Waals surface area contributed by atoms with E-state index < -0.39 is 10.0 Å². The molecule has 1 fully saturated rings. The van der Waals surface area contributed by atoms with E-state index in [0.717, 1.165) is 39.3 Å². The molecule has 1 amide bonds. The smallest absolute Gasteiger partial charge is 0.251 e. The molecular formula is C17H25N3O4S. The van der Waals surface area contributed by atoms with Gasteiger partial charge < -0.3 is 10.1 Å². The summed E-state index contributed by atoms with van der Waals surface area (Å²) in [6.07, 6.45) is 2.33. The molecule has 1 heterocycles. The summed E-state index contributed by atoms with van der Waals surface area (Å²) in [5.41, 5.74) is 0.439. The van der Waals surface area contributed by atoms with E-state index in [9.17, 15) is 13.2 Å². The number of amides is 1. The van der Waals surface area contributed by atoms with Gasteiger partial charge >= 0.3 is 0 Å². The SMILES string of the molecule is C=CCNS(=O)(=O)c1ccc(C(=O)NCCCN2CCOCC2)cc1. The van der Waals surface area contributed by atoms with Gasteiger partial charge in [-0.1, -0.05) is 6.08 Å². The summed E-state index contributed by atoms with van der Waals surface area (Å²) in [6.45, 7) is 8.54. The normalized spacial score (nSPS) is 15.7. The van der Waals surface area contributed by atoms with Crippen molar-refractivity contribution in [1.82, 2.24) is 14.9 Å². The Kier molecular flexibility index (Phi) is 7.57. The summed E-state index contributed by atoms with van der Waals surface area (Å²) >= 11 is 0. The minimum absolute atomic E-state index is 0.123. The molecule has 8 heteroatoms. The molecule has 138 valence electrons. The van der Waals surface area contributed by atoms with Gasteiger partial charge in [-0.3, -0.25) is 9.69 Å². The maximum Gasteiger partial charge on any atom is 0.251 e. The first-order chi connectivity index (χ1) is 12.0. The van der Waals surface area contributed by atoms with Crippen LogP contribution in [-0.4, -0.2) is 65.2 Å². The molecule has 0 radical (unpaired) electrons. The first-order valence-electron chi connectivity index (χ1n) is 8.32. The molecule has 2 N–H and O–H groups in total. The molecule has 0 spiro atoms. The second-order valence-corrected chi connectivity index (χ2v) is 7.50. The highest BCUT2D eigenvalue weighted by Crippen LogP contribution is 2.10. The maximum absolute atomic E-state index is 12.1. The van der Waals surface area contributed by atoms with E-state index in [-0.39, 0.29) is 17.3 Å². The third kappa shape index (κ3) is 6.24. The van der Waals surface area contributed by atoms with Crippen LogP contribution in [0.5, 0.6) is 0 Å². The van der Waals surface area contributed by atoms with Gasteiger partial charge in [0.05, 0.1) is 18.1 Å². The topological polar surface area (TPSA) is 87.7 Å². The molecular weight excluding hydrogens is 342 g/mol. The monoisotopic (exact) mass is 367 g/mol. The molecule has 1 aromatic rings. The highest BCUT2D eigenvalue weighted by atomic mass is 32.2. The highest BCUT2D eigenvalue weighted by Gasteiger charge is 2.14. The first-order valence-corrected chi connectivity index (χ1v) is 9.80. The number of carbonyl (C=O) groups is 1. The summed E-state index contributed by atoms with van der Waals surface area (Å²) in [5.74, 6) is -0.204. The van der Waals surface area contributed by atoms with Crippen molar-refractivity contribution in [1.29, 1.82) is 0 Å². The molecule has 7 nitrogen and oxygen atoms in total. The van der Waals surface area contributed by atoms with Gasteiger partial charge in [-0.25, -0.2) is 13.1 Å². The molecule has 0 aliphatic carbocycles. The Hall–Kier alpha value is -1.74. The number of hydrogen-bond donors (Lipinski definition) is 2. The third-order valence-electron chi connectivity index (χ3n) is 3.88. The van der Waals surface area contributed by atoms with E-state index in [4.69, 9.17) is 4.74 Å². The van der Waals surface area contributed by atoms with E-state index in [1.807, 2.05) is 0 Å². The Morgan fingerprint density at radius 3 is 2.56 bits per heavy atom. The van der Waals surface area contributed by atoms with Crippen LogP contribution in [0.3, 0.4) is 0 Å². The van der Waals surface area contributed by atoms with Crippen LogP contribution in [0.2, 0.25) is 0 Å². The fourth-order valence-electron chi connectivity index (χ4n) is 2.47. The number of sulfonamides is 1. The minimum Gasteiger partial charge on any atom is -0.379 e. The van der Waals surface area contributed by atoms with E-state index in [0.29, 0.717) is 12.1 Å². The lowest BCUT2D eigenvalue weighted by molar-refractivity contribution is 0.0374. The van der Waals surface area contributed by atoms with Crippen LogP contribution in [0.25, 0.3) is 0 Å². The fourth-order valence-corrected chi connectivity index (χ4v) is 3.47. The van der Waals surface area contributed by atoms with Gasteiger partial charge in [0.15, 0.2) is 0 Å². The van der Waals surface area contributed by atoms with E-state index in [1.165, 1.54) is 30.3 Å². The Bertz CT molecular complexity index is 668.